The quantitative estimate of drug-likeness (QED) is 0.710. The Hall–Kier alpha value is -0.520. The van der Waals surface area contributed by atoms with Crippen molar-refractivity contribution in [2.24, 2.45) is 0 Å². The maximum Gasteiger partial charge on any atom is 0.0304 e. The predicted octanol–water partition coefficient (Wildman–Crippen LogP) is 1.86. The van der Waals surface area contributed by atoms with Crippen molar-refractivity contribution in [3.05, 3.63) is 0 Å². The van der Waals surface area contributed by atoms with Crippen molar-refractivity contribution >= 4 is 0 Å². The van der Waals surface area contributed by atoms with Gasteiger partial charge in [-0.2, -0.15) is 0 Å². The first kappa shape index (κ1) is 12.5. The molecule has 0 radical (unpaired) electrons. The topological polar surface area (TPSA) is 15.3 Å². The fourth-order valence-electron chi connectivity index (χ4n) is 2.33. The smallest absolute Gasteiger partial charge is 0.0304 e. The van der Waals surface area contributed by atoms with Crippen LogP contribution in [0.15, 0.2) is 0 Å². The van der Waals surface area contributed by atoms with Crippen LogP contribution in [0, 0.1) is 12.3 Å². The zero-order valence-corrected chi connectivity index (χ0v) is 10.3. The van der Waals surface area contributed by atoms with E-state index in [1.54, 1.807) is 0 Å². The maximum absolute atomic E-state index is 5.33. The summed E-state index contributed by atoms with van der Waals surface area (Å²) >= 11 is 0. The van der Waals surface area contributed by atoms with Crippen molar-refractivity contribution in [3.8, 4) is 12.3 Å². The van der Waals surface area contributed by atoms with Gasteiger partial charge >= 0.3 is 0 Å². The zero-order chi connectivity index (χ0) is 11.3. The third kappa shape index (κ3) is 2.96. The van der Waals surface area contributed by atoms with Gasteiger partial charge in [0, 0.05) is 37.6 Å². The van der Waals surface area contributed by atoms with Crippen molar-refractivity contribution in [2.45, 2.75) is 51.6 Å². The lowest BCUT2D eigenvalue weighted by atomic mass is 9.88. The molecule has 0 spiro atoms. The minimum Gasteiger partial charge on any atom is -0.308 e. The van der Waals surface area contributed by atoms with Crippen LogP contribution in [0.3, 0.4) is 0 Å². The van der Waals surface area contributed by atoms with Gasteiger partial charge in [0.05, 0.1) is 0 Å². The second-order valence-electron chi connectivity index (χ2n) is 4.64. The van der Waals surface area contributed by atoms with E-state index in [4.69, 9.17) is 6.42 Å². The van der Waals surface area contributed by atoms with Crippen LogP contribution in [0.2, 0.25) is 0 Å². The van der Waals surface area contributed by atoms with Gasteiger partial charge in [-0.3, -0.25) is 4.90 Å². The summed E-state index contributed by atoms with van der Waals surface area (Å²) in [7, 11) is 0. The van der Waals surface area contributed by atoms with Crippen molar-refractivity contribution in [1.29, 1.82) is 0 Å². The summed E-state index contributed by atoms with van der Waals surface area (Å²) in [5, 5.41) is 3.69. The number of terminal acetylenes is 1. The lowest BCUT2D eigenvalue weighted by molar-refractivity contribution is 0.0829. The molecule has 1 unspecified atom stereocenters. The van der Waals surface area contributed by atoms with Gasteiger partial charge in [-0.1, -0.05) is 13.8 Å². The summed E-state index contributed by atoms with van der Waals surface area (Å²) in [5.41, 5.74) is 0.321. The number of nitrogens with zero attached hydrogens (tertiary/aromatic N) is 1. The minimum absolute atomic E-state index is 0.321. The van der Waals surface area contributed by atoms with Crippen LogP contribution in [0.25, 0.3) is 0 Å². The van der Waals surface area contributed by atoms with Crippen molar-refractivity contribution in [1.82, 2.24) is 10.2 Å². The van der Waals surface area contributed by atoms with Gasteiger partial charge in [0.2, 0.25) is 0 Å². The molecule has 1 aliphatic heterocycles. The van der Waals surface area contributed by atoms with E-state index in [0.29, 0.717) is 11.6 Å². The van der Waals surface area contributed by atoms with Crippen LogP contribution in [-0.2, 0) is 0 Å². The van der Waals surface area contributed by atoms with Crippen molar-refractivity contribution in [2.75, 3.05) is 19.6 Å². The molecule has 15 heavy (non-hydrogen) atoms. The maximum atomic E-state index is 5.33. The Labute approximate surface area is 94.4 Å². The van der Waals surface area contributed by atoms with Crippen LogP contribution in [0.5, 0.6) is 0 Å². The van der Waals surface area contributed by atoms with E-state index in [0.717, 1.165) is 26.1 Å². The Balaban J connectivity index is 2.58. The average Bonchev–Trinajstić information content (AvgIpc) is 2.29. The number of hydrogen-bond donors (Lipinski definition) is 1. The monoisotopic (exact) mass is 208 g/mol. The molecule has 1 atom stereocenters. The second kappa shape index (κ2) is 5.53. The fourth-order valence-corrected chi connectivity index (χ4v) is 2.33. The molecule has 1 fully saturated rings. The third-order valence-electron chi connectivity index (χ3n) is 3.80. The van der Waals surface area contributed by atoms with Gasteiger partial charge < -0.3 is 5.32 Å². The molecule has 1 N–H and O–H groups in total. The molecule has 0 aliphatic carbocycles. The van der Waals surface area contributed by atoms with Crippen LogP contribution in [-0.4, -0.2) is 36.1 Å². The van der Waals surface area contributed by atoms with Gasteiger partial charge in [-0.25, -0.2) is 0 Å². The molecule has 0 aromatic heterocycles. The molecule has 1 heterocycles. The molecule has 2 nitrogen and oxygen atoms in total. The summed E-state index contributed by atoms with van der Waals surface area (Å²) < 4.78 is 0. The SMILES string of the molecule is C#CCCN1CC(CC)(CC)NCC1C. The number of nitrogens with one attached hydrogen (secondary N) is 1. The predicted molar refractivity (Wildman–Crippen MR) is 65.8 cm³/mol. The summed E-state index contributed by atoms with van der Waals surface area (Å²) in [5.74, 6) is 2.74. The van der Waals surface area contributed by atoms with Gasteiger partial charge in [-0.15, -0.1) is 12.3 Å². The second-order valence-corrected chi connectivity index (χ2v) is 4.64. The molecule has 0 bridgehead atoms. The molecular formula is C13H24N2. The number of hydrogen-bond acceptors (Lipinski definition) is 2. The lowest BCUT2D eigenvalue weighted by Gasteiger charge is -2.46. The minimum atomic E-state index is 0.321. The average molecular weight is 208 g/mol. The summed E-state index contributed by atoms with van der Waals surface area (Å²) in [6, 6.07) is 0.615. The highest BCUT2D eigenvalue weighted by Crippen LogP contribution is 2.22. The highest BCUT2D eigenvalue weighted by molar-refractivity contribution is 4.96. The molecular weight excluding hydrogens is 184 g/mol. The van der Waals surface area contributed by atoms with E-state index in [1.165, 1.54) is 12.8 Å². The van der Waals surface area contributed by atoms with Gasteiger partial charge in [0.15, 0.2) is 0 Å². The van der Waals surface area contributed by atoms with Gasteiger partial charge in [0.1, 0.15) is 0 Å². The molecule has 0 saturated carbocycles. The van der Waals surface area contributed by atoms with Crippen molar-refractivity contribution in [3.63, 3.8) is 0 Å². The highest BCUT2D eigenvalue weighted by Gasteiger charge is 2.34. The van der Waals surface area contributed by atoms with Crippen LogP contribution in [0.4, 0.5) is 0 Å². The summed E-state index contributed by atoms with van der Waals surface area (Å²) in [6.07, 6.45) is 8.59. The number of piperazine rings is 1. The molecule has 1 rings (SSSR count). The molecule has 86 valence electrons. The van der Waals surface area contributed by atoms with E-state index >= 15 is 0 Å². The Morgan fingerprint density at radius 3 is 2.67 bits per heavy atom. The summed E-state index contributed by atoms with van der Waals surface area (Å²) in [6.45, 7) is 10.1. The van der Waals surface area contributed by atoms with E-state index in [1.807, 2.05) is 0 Å². The first-order valence-electron chi connectivity index (χ1n) is 6.10. The molecule has 2 heteroatoms. The Morgan fingerprint density at radius 1 is 1.47 bits per heavy atom. The Morgan fingerprint density at radius 2 is 2.13 bits per heavy atom. The standard InChI is InChI=1S/C13H24N2/c1-5-8-9-15-11-13(6-2,7-3)14-10-12(15)4/h1,12,14H,6-11H2,2-4H3. The van der Waals surface area contributed by atoms with Gasteiger partial charge in [0.25, 0.3) is 0 Å². The van der Waals surface area contributed by atoms with Crippen molar-refractivity contribution < 1.29 is 0 Å². The highest BCUT2D eigenvalue weighted by atomic mass is 15.2. The zero-order valence-electron chi connectivity index (χ0n) is 10.3. The fraction of sp³-hybridized carbons (Fsp3) is 0.846. The third-order valence-corrected chi connectivity index (χ3v) is 3.80. The summed E-state index contributed by atoms with van der Waals surface area (Å²) in [4.78, 5) is 2.53. The van der Waals surface area contributed by atoms with Crippen LogP contribution >= 0.6 is 0 Å². The van der Waals surface area contributed by atoms with Crippen LogP contribution < -0.4 is 5.32 Å². The first-order valence-corrected chi connectivity index (χ1v) is 6.10. The number of rotatable bonds is 4. The Bertz CT molecular complexity index is 225. The van der Waals surface area contributed by atoms with E-state index in [2.05, 4.69) is 36.9 Å². The van der Waals surface area contributed by atoms with E-state index in [-0.39, 0.29) is 0 Å². The van der Waals surface area contributed by atoms with Gasteiger partial charge in [-0.05, 0) is 19.8 Å². The lowest BCUT2D eigenvalue weighted by Crippen LogP contribution is -2.63. The molecule has 0 aromatic carbocycles. The van der Waals surface area contributed by atoms with E-state index < -0.39 is 0 Å². The normalized spacial score (nSPS) is 26.1. The molecule has 1 saturated heterocycles. The molecule has 0 aromatic rings. The largest absolute Gasteiger partial charge is 0.308 e. The molecule has 0 amide bonds. The van der Waals surface area contributed by atoms with E-state index in [9.17, 15) is 0 Å². The first-order chi connectivity index (χ1) is 7.17. The Kier molecular flexibility index (Phi) is 4.63. The van der Waals surface area contributed by atoms with Crippen LogP contribution in [0.1, 0.15) is 40.0 Å². The molecule has 1 aliphatic rings.